The molecule has 0 amide bonds. The lowest BCUT2D eigenvalue weighted by molar-refractivity contribution is 0.217. The molecule has 1 saturated carbocycles. The Morgan fingerprint density at radius 3 is 2.48 bits per heavy atom. The van der Waals surface area contributed by atoms with E-state index in [1.165, 1.54) is 19.3 Å². The molecular weight excluding hydrogens is 400 g/mol. The van der Waals surface area contributed by atoms with Gasteiger partial charge in [0.2, 0.25) is 10.0 Å². The molecule has 0 N–H and O–H groups in total. The number of rotatable bonds is 1. The largest absolute Gasteiger partial charge is 0.372 e. The van der Waals surface area contributed by atoms with Crippen LogP contribution in [0.25, 0.3) is 0 Å². The molecule has 0 saturated heterocycles. The SMILES string of the molecule is CN1CC(C2CCCCC2)N(C)S(=O)(=O)c2cc(Br)c(Cl)cc21. The fraction of sp³-hybridized carbons (Fsp3) is 0.625. The minimum atomic E-state index is -3.52. The Hall–Kier alpha value is -0.300. The molecule has 128 valence electrons. The highest BCUT2D eigenvalue weighted by molar-refractivity contribution is 9.10. The van der Waals surface area contributed by atoms with Crippen LogP contribution in [-0.2, 0) is 10.0 Å². The number of nitrogens with zero attached hydrogens (tertiary/aromatic N) is 2. The van der Waals surface area contributed by atoms with Crippen molar-refractivity contribution in [1.29, 1.82) is 0 Å². The molecule has 1 aliphatic heterocycles. The molecule has 1 fully saturated rings. The van der Waals surface area contributed by atoms with Crippen molar-refractivity contribution < 1.29 is 8.42 Å². The van der Waals surface area contributed by atoms with Crippen LogP contribution in [0.4, 0.5) is 5.69 Å². The van der Waals surface area contributed by atoms with Gasteiger partial charge in [-0.25, -0.2) is 8.42 Å². The second-order valence-electron chi connectivity index (χ2n) is 6.60. The number of hydrogen-bond donors (Lipinski definition) is 0. The van der Waals surface area contributed by atoms with Crippen LogP contribution in [0.15, 0.2) is 21.5 Å². The molecule has 3 rings (SSSR count). The third-order valence-corrected chi connectivity index (χ3v) is 8.30. The zero-order chi connectivity index (χ0) is 16.8. The van der Waals surface area contributed by atoms with Crippen molar-refractivity contribution in [3.05, 3.63) is 21.6 Å². The van der Waals surface area contributed by atoms with Gasteiger partial charge in [-0.1, -0.05) is 30.9 Å². The van der Waals surface area contributed by atoms with Crippen molar-refractivity contribution in [3.8, 4) is 0 Å². The van der Waals surface area contributed by atoms with Gasteiger partial charge in [-0.05, 0) is 46.8 Å². The first-order chi connectivity index (χ1) is 10.8. The highest BCUT2D eigenvalue weighted by Crippen LogP contribution is 2.40. The van der Waals surface area contributed by atoms with Gasteiger partial charge < -0.3 is 4.90 Å². The van der Waals surface area contributed by atoms with Crippen molar-refractivity contribution >= 4 is 43.2 Å². The van der Waals surface area contributed by atoms with Gasteiger partial charge in [0.25, 0.3) is 0 Å². The van der Waals surface area contributed by atoms with Gasteiger partial charge in [-0.3, -0.25) is 0 Å². The van der Waals surface area contributed by atoms with Crippen LogP contribution >= 0.6 is 27.5 Å². The molecule has 1 heterocycles. The van der Waals surface area contributed by atoms with Crippen molar-refractivity contribution in [2.45, 2.75) is 43.0 Å². The first-order valence-electron chi connectivity index (χ1n) is 8.00. The lowest BCUT2D eigenvalue weighted by atomic mass is 9.83. The molecule has 0 aromatic heterocycles. The van der Waals surface area contributed by atoms with Gasteiger partial charge >= 0.3 is 0 Å². The van der Waals surface area contributed by atoms with E-state index in [0.29, 0.717) is 32.5 Å². The van der Waals surface area contributed by atoms with Crippen molar-refractivity contribution in [1.82, 2.24) is 4.31 Å². The topological polar surface area (TPSA) is 40.6 Å². The van der Waals surface area contributed by atoms with Crippen LogP contribution in [-0.4, -0.2) is 39.4 Å². The minimum Gasteiger partial charge on any atom is -0.372 e. The first-order valence-corrected chi connectivity index (χ1v) is 10.6. The van der Waals surface area contributed by atoms with E-state index in [1.54, 1.807) is 23.5 Å². The number of fused-ring (bicyclic) bond motifs is 1. The van der Waals surface area contributed by atoms with E-state index >= 15 is 0 Å². The summed E-state index contributed by atoms with van der Waals surface area (Å²) >= 11 is 9.55. The summed E-state index contributed by atoms with van der Waals surface area (Å²) < 4.78 is 28.4. The zero-order valence-electron chi connectivity index (χ0n) is 13.4. The number of sulfonamides is 1. The standard InChI is InChI=1S/C16H22BrClN2O2S/c1-19-10-15(11-6-4-3-5-7-11)20(2)23(21,22)16-8-12(17)13(18)9-14(16)19/h8-9,11,15H,3-7,10H2,1-2H3. The van der Waals surface area contributed by atoms with Crippen LogP contribution in [0.3, 0.4) is 0 Å². The third kappa shape index (κ3) is 3.15. The lowest BCUT2D eigenvalue weighted by Crippen LogP contribution is -2.46. The van der Waals surface area contributed by atoms with Crippen molar-refractivity contribution in [2.24, 2.45) is 5.92 Å². The van der Waals surface area contributed by atoms with E-state index in [1.807, 2.05) is 11.9 Å². The molecule has 0 radical (unpaired) electrons. The first kappa shape index (κ1) is 17.5. The molecule has 0 bridgehead atoms. The quantitative estimate of drug-likeness (QED) is 0.685. The summed E-state index contributed by atoms with van der Waals surface area (Å²) in [6, 6.07) is 3.38. The fourth-order valence-corrected chi connectivity index (χ4v) is 6.12. The van der Waals surface area contributed by atoms with Gasteiger partial charge in [0.15, 0.2) is 0 Å². The van der Waals surface area contributed by atoms with Crippen LogP contribution in [0.5, 0.6) is 0 Å². The van der Waals surface area contributed by atoms with Crippen molar-refractivity contribution in [2.75, 3.05) is 25.5 Å². The molecule has 1 atom stereocenters. The van der Waals surface area contributed by atoms with E-state index in [2.05, 4.69) is 15.9 Å². The number of hydrogen-bond acceptors (Lipinski definition) is 3. The molecule has 1 unspecified atom stereocenters. The maximum atomic E-state index is 13.1. The number of likely N-dealkylation sites (N-methyl/N-ethyl adjacent to an activating group) is 2. The van der Waals surface area contributed by atoms with Crippen LogP contribution in [0, 0.1) is 5.92 Å². The van der Waals surface area contributed by atoms with E-state index in [0.717, 1.165) is 12.8 Å². The Bertz CT molecular complexity index is 704. The summed E-state index contributed by atoms with van der Waals surface area (Å²) in [5.41, 5.74) is 0.684. The van der Waals surface area contributed by atoms with Gasteiger partial charge in [-0.2, -0.15) is 4.31 Å². The smallest absolute Gasteiger partial charge is 0.245 e. The van der Waals surface area contributed by atoms with Crippen LogP contribution in [0.1, 0.15) is 32.1 Å². The average molecular weight is 422 g/mol. The normalized spacial score (nSPS) is 25.9. The summed E-state index contributed by atoms with van der Waals surface area (Å²) in [7, 11) is 0.149. The Balaban J connectivity index is 2.07. The van der Waals surface area contributed by atoms with E-state index in [4.69, 9.17) is 11.6 Å². The van der Waals surface area contributed by atoms with Gasteiger partial charge in [0.05, 0.1) is 10.7 Å². The Morgan fingerprint density at radius 2 is 1.83 bits per heavy atom. The molecule has 7 heteroatoms. The van der Waals surface area contributed by atoms with Gasteiger partial charge in [-0.15, -0.1) is 0 Å². The summed E-state index contributed by atoms with van der Waals surface area (Å²) in [5, 5.41) is 0.532. The van der Waals surface area contributed by atoms with Gasteiger partial charge in [0, 0.05) is 31.2 Å². The highest BCUT2D eigenvalue weighted by atomic mass is 79.9. The van der Waals surface area contributed by atoms with E-state index in [9.17, 15) is 8.42 Å². The third-order valence-electron chi connectivity index (χ3n) is 5.19. The molecule has 23 heavy (non-hydrogen) atoms. The lowest BCUT2D eigenvalue weighted by Gasteiger charge is -2.36. The van der Waals surface area contributed by atoms with E-state index < -0.39 is 10.0 Å². The zero-order valence-corrected chi connectivity index (χ0v) is 16.6. The van der Waals surface area contributed by atoms with Crippen LogP contribution < -0.4 is 4.90 Å². The number of anilines is 1. The molecule has 1 aliphatic carbocycles. The molecular formula is C16H22BrClN2O2S. The number of halogens is 2. The van der Waals surface area contributed by atoms with Crippen LogP contribution in [0.2, 0.25) is 5.02 Å². The van der Waals surface area contributed by atoms with Gasteiger partial charge in [0.1, 0.15) is 4.90 Å². The monoisotopic (exact) mass is 420 g/mol. The second kappa shape index (κ2) is 6.54. The Morgan fingerprint density at radius 1 is 1.17 bits per heavy atom. The molecule has 1 aromatic rings. The number of benzene rings is 1. The predicted molar refractivity (Wildman–Crippen MR) is 97.7 cm³/mol. The highest BCUT2D eigenvalue weighted by Gasteiger charge is 2.39. The fourth-order valence-electron chi connectivity index (χ4n) is 3.82. The maximum absolute atomic E-state index is 13.1. The molecule has 0 spiro atoms. The Kier molecular flexibility index (Phi) is 4.98. The molecule has 4 nitrogen and oxygen atoms in total. The summed E-state index contributed by atoms with van der Waals surface area (Å²) in [4.78, 5) is 2.37. The van der Waals surface area contributed by atoms with E-state index in [-0.39, 0.29) is 6.04 Å². The summed E-state index contributed by atoms with van der Waals surface area (Å²) in [6.07, 6.45) is 5.88. The van der Waals surface area contributed by atoms with Crippen molar-refractivity contribution in [3.63, 3.8) is 0 Å². The molecule has 1 aromatic carbocycles. The summed E-state index contributed by atoms with van der Waals surface area (Å²) in [5.74, 6) is 0.430. The minimum absolute atomic E-state index is 0.00949. The Labute approximate surface area is 152 Å². The summed E-state index contributed by atoms with van der Waals surface area (Å²) in [6.45, 7) is 0.700. The second-order valence-corrected chi connectivity index (χ2v) is 9.83. The predicted octanol–water partition coefficient (Wildman–Crippen LogP) is 4.12. The average Bonchev–Trinajstić information content (AvgIpc) is 2.60. The maximum Gasteiger partial charge on any atom is 0.245 e. The molecule has 2 aliphatic rings.